The van der Waals surface area contributed by atoms with Crippen LogP contribution >= 0.6 is 0 Å². The number of halogens is 3. The number of nitrogens with one attached hydrogen (secondary N) is 2. The molecule has 2 aromatic heterocycles. The minimum absolute atomic E-state index is 0.166. The number of alkyl halides is 3. The Hall–Kier alpha value is -3.30. The summed E-state index contributed by atoms with van der Waals surface area (Å²) in [5.41, 5.74) is 1.61. The molecule has 0 saturated carbocycles. The van der Waals surface area contributed by atoms with Crippen molar-refractivity contribution in [2.24, 2.45) is 4.99 Å². The molecule has 1 aromatic carbocycles. The largest absolute Gasteiger partial charge is 0.484 e. The Morgan fingerprint density at radius 1 is 1.10 bits per heavy atom. The number of nitrogens with zero attached hydrogens (tertiary/aromatic N) is 4. The number of hydrogen-bond acceptors (Lipinski definition) is 4. The molecule has 154 valence electrons. The number of rotatable bonds is 7. The second kappa shape index (κ2) is 9.26. The van der Waals surface area contributed by atoms with Crippen molar-refractivity contribution in [1.82, 2.24) is 25.2 Å². The molecule has 7 nitrogen and oxygen atoms in total. The van der Waals surface area contributed by atoms with Crippen LogP contribution in [0.5, 0.6) is 5.75 Å². The monoisotopic (exact) mass is 406 g/mol. The average Bonchev–Trinajstić information content (AvgIpc) is 3.12. The number of benzene rings is 1. The van der Waals surface area contributed by atoms with Gasteiger partial charge in [0.15, 0.2) is 24.0 Å². The fraction of sp³-hybridized carbons (Fsp3) is 0.316. The Bertz CT molecular complexity index is 952. The third kappa shape index (κ3) is 6.09. The van der Waals surface area contributed by atoms with Crippen molar-refractivity contribution >= 4 is 11.6 Å². The lowest BCUT2D eigenvalue weighted by Gasteiger charge is -2.11. The van der Waals surface area contributed by atoms with Crippen molar-refractivity contribution in [2.45, 2.75) is 26.2 Å². The molecule has 10 heteroatoms. The molecule has 0 aliphatic rings. The number of ether oxygens (including phenoxy) is 1. The molecule has 0 aliphatic carbocycles. The van der Waals surface area contributed by atoms with E-state index in [9.17, 15) is 13.2 Å². The Labute approximate surface area is 165 Å². The van der Waals surface area contributed by atoms with E-state index in [4.69, 9.17) is 4.74 Å². The van der Waals surface area contributed by atoms with Crippen molar-refractivity contribution < 1.29 is 17.9 Å². The fourth-order valence-corrected chi connectivity index (χ4v) is 2.54. The van der Waals surface area contributed by atoms with Crippen molar-refractivity contribution in [1.29, 1.82) is 0 Å². The normalized spacial score (nSPS) is 12.2. The molecule has 0 spiro atoms. The second-order valence-electron chi connectivity index (χ2n) is 6.14. The summed E-state index contributed by atoms with van der Waals surface area (Å²) in [6.45, 7) is 2.11. The van der Waals surface area contributed by atoms with Gasteiger partial charge < -0.3 is 15.4 Å². The first-order valence-electron chi connectivity index (χ1n) is 9.04. The first-order valence-corrected chi connectivity index (χ1v) is 9.04. The van der Waals surface area contributed by atoms with Gasteiger partial charge in [0, 0.05) is 12.7 Å². The molecule has 0 radical (unpaired) electrons. The van der Waals surface area contributed by atoms with Crippen LogP contribution in [0.15, 0.2) is 53.7 Å². The van der Waals surface area contributed by atoms with Gasteiger partial charge in [0.25, 0.3) is 0 Å². The van der Waals surface area contributed by atoms with Gasteiger partial charge in [-0.2, -0.15) is 13.2 Å². The second-order valence-corrected chi connectivity index (χ2v) is 6.14. The number of hydrogen-bond donors (Lipinski definition) is 2. The topological polar surface area (TPSA) is 75.8 Å². The van der Waals surface area contributed by atoms with Crippen LogP contribution in [-0.2, 0) is 13.1 Å². The molecule has 3 rings (SSSR count). The lowest BCUT2D eigenvalue weighted by Crippen LogP contribution is -2.37. The van der Waals surface area contributed by atoms with Crippen LogP contribution in [0.2, 0.25) is 0 Å². The quantitative estimate of drug-likeness (QED) is 0.466. The first-order chi connectivity index (χ1) is 13.9. The lowest BCUT2D eigenvalue weighted by atomic mass is 10.2. The molecular weight excluding hydrogens is 385 g/mol. The number of aromatic nitrogens is 3. The van der Waals surface area contributed by atoms with Crippen molar-refractivity contribution in [3.63, 3.8) is 0 Å². The molecular formula is C19H21F3N6O. The highest BCUT2D eigenvalue weighted by Gasteiger charge is 2.28. The molecule has 2 N–H and O–H groups in total. The Morgan fingerprint density at radius 3 is 2.62 bits per heavy atom. The van der Waals surface area contributed by atoms with Gasteiger partial charge in [0.2, 0.25) is 0 Å². The third-order valence-corrected chi connectivity index (χ3v) is 3.89. The maximum atomic E-state index is 12.2. The van der Waals surface area contributed by atoms with E-state index >= 15 is 0 Å². The van der Waals surface area contributed by atoms with E-state index in [0.29, 0.717) is 25.6 Å². The van der Waals surface area contributed by atoms with Gasteiger partial charge in [-0.15, -0.1) is 10.2 Å². The Morgan fingerprint density at radius 2 is 1.90 bits per heavy atom. The van der Waals surface area contributed by atoms with Gasteiger partial charge in [0.05, 0.1) is 13.1 Å². The highest BCUT2D eigenvalue weighted by Crippen LogP contribution is 2.19. The van der Waals surface area contributed by atoms with Crippen molar-refractivity contribution in [3.8, 4) is 5.75 Å². The number of guanidine groups is 1. The molecule has 0 unspecified atom stereocenters. The SMILES string of the molecule is CCNC(=NCc1ccc(OCC(F)(F)F)cc1)NCc1nnc2ccccn12. The van der Waals surface area contributed by atoms with Crippen LogP contribution in [0.4, 0.5) is 13.2 Å². The maximum absolute atomic E-state index is 12.2. The van der Waals surface area contributed by atoms with Crippen LogP contribution in [0.25, 0.3) is 5.65 Å². The van der Waals surface area contributed by atoms with Gasteiger partial charge in [-0.1, -0.05) is 18.2 Å². The van der Waals surface area contributed by atoms with Crippen LogP contribution < -0.4 is 15.4 Å². The molecule has 3 aromatic rings. The predicted molar refractivity (Wildman–Crippen MR) is 103 cm³/mol. The molecule has 0 aliphatic heterocycles. The predicted octanol–water partition coefficient (Wildman–Crippen LogP) is 2.93. The Kier molecular flexibility index (Phi) is 6.53. The molecule has 0 fully saturated rings. The zero-order chi connectivity index (χ0) is 20.7. The standard InChI is InChI=1S/C19H21F3N6O/c1-2-23-18(25-12-17-27-26-16-5-3-4-10-28(16)17)24-11-14-6-8-15(9-7-14)29-13-19(20,21)22/h3-10H,2,11-13H2,1H3,(H2,23,24,25). The summed E-state index contributed by atoms with van der Waals surface area (Å²) < 4.78 is 43.2. The van der Waals surface area contributed by atoms with Crippen LogP contribution in [0.3, 0.4) is 0 Å². The summed E-state index contributed by atoms with van der Waals surface area (Å²) >= 11 is 0. The highest BCUT2D eigenvalue weighted by molar-refractivity contribution is 5.79. The van der Waals surface area contributed by atoms with Gasteiger partial charge in [-0.25, -0.2) is 4.99 Å². The summed E-state index contributed by atoms with van der Waals surface area (Å²) in [6.07, 6.45) is -2.47. The van der Waals surface area contributed by atoms with Crippen molar-refractivity contribution in [3.05, 3.63) is 60.0 Å². The van der Waals surface area contributed by atoms with Crippen molar-refractivity contribution in [2.75, 3.05) is 13.2 Å². The van der Waals surface area contributed by atoms with E-state index in [1.54, 1.807) is 12.1 Å². The minimum atomic E-state index is -4.36. The Balaban J connectivity index is 1.58. The summed E-state index contributed by atoms with van der Waals surface area (Å²) in [6, 6.07) is 12.0. The van der Waals surface area contributed by atoms with E-state index in [1.807, 2.05) is 35.7 Å². The number of aliphatic imine (C=N–C) groups is 1. The molecule has 0 bridgehead atoms. The zero-order valence-electron chi connectivity index (χ0n) is 15.8. The molecule has 2 heterocycles. The van der Waals surface area contributed by atoms with E-state index in [0.717, 1.165) is 17.0 Å². The number of fused-ring (bicyclic) bond motifs is 1. The minimum Gasteiger partial charge on any atom is -0.484 e. The van der Waals surface area contributed by atoms with Gasteiger partial charge in [0.1, 0.15) is 5.75 Å². The first kappa shape index (κ1) is 20.4. The zero-order valence-corrected chi connectivity index (χ0v) is 15.8. The van der Waals surface area contributed by atoms with Gasteiger partial charge in [-0.05, 0) is 36.8 Å². The highest BCUT2D eigenvalue weighted by atomic mass is 19.4. The molecule has 0 amide bonds. The number of pyridine rings is 1. The van der Waals surface area contributed by atoms with Crippen LogP contribution in [-0.4, -0.2) is 39.9 Å². The summed E-state index contributed by atoms with van der Waals surface area (Å²) in [7, 11) is 0. The molecule has 0 atom stereocenters. The molecule has 0 saturated heterocycles. The summed E-state index contributed by atoms with van der Waals surface area (Å²) in [4.78, 5) is 4.49. The smallest absolute Gasteiger partial charge is 0.422 e. The van der Waals surface area contributed by atoms with Gasteiger partial charge in [-0.3, -0.25) is 4.40 Å². The van der Waals surface area contributed by atoms with Crippen LogP contribution in [0, 0.1) is 0 Å². The van der Waals surface area contributed by atoms with E-state index in [2.05, 4.69) is 25.8 Å². The van der Waals surface area contributed by atoms with E-state index < -0.39 is 12.8 Å². The fourth-order valence-electron chi connectivity index (χ4n) is 2.54. The average molecular weight is 406 g/mol. The summed E-state index contributed by atoms with van der Waals surface area (Å²) in [5.74, 6) is 1.51. The third-order valence-electron chi connectivity index (χ3n) is 3.89. The van der Waals surface area contributed by atoms with Crippen LogP contribution in [0.1, 0.15) is 18.3 Å². The lowest BCUT2D eigenvalue weighted by molar-refractivity contribution is -0.153. The molecule has 29 heavy (non-hydrogen) atoms. The van der Waals surface area contributed by atoms with Gasteiger partial charge >= 0.3 is 6.18 Å². The summed E-state index contributed by atoms with van der Waals surface area (Å²) in [5, 5.41) is 14.6. The van der Waals surface area contributed by atoms with E-state index in [1.165, 1.54) is 12.1 Å². The maximum Gasteiger partial charge on any atom is 0.422 e. The van der Waals surface area contributed by atoms with E-state index in [-0.39, 0.29) is 5.75 Å².